The highest BCUT2D eigenvalue weighted by Gasteiger charge is 2.11. The van der Waals surface area contributed by atoms with E-state index in [2.05, 4.69) is 5.32 Å². The molecular formula is C12H17NO2. The molecule has 0 aliphatic heterocycles. The normalized spacial score (nSPS) is 12.1. The first-order valence-corrected chi connectivity index (χ1v) is 5.11. The average Bonchev–Trinajstić information content (AvgIpc) is 2.27. The summed E-state index contributed by atoms with van der Waals surface area (Å²) < 4.78 is 4.77. The van der Waals surface area contributed by atoms with E-state index in [4.69, 9.17) is 4.74 Å². The van der Waals surface area contributed by atoms with Crippen molar-refractivity contribution in [2.45, 2.75) is 19.4 Å². The molecule has 15 heavy (non-hydrogen) atoms. The number of hydrogen-bond acceptors (Lipinski definition) is 2. The van der Waals surface area contributed by atoms with E-state index >= 15 is 0 Å². The van der Waals surface area contributed by atoms with Crippen molar-refractivity contribution in [3.05, 3.63) is 35.9 Å². The van der Waals surface area contributed by atoms with E-state index in [1.54, 1.807) is 0 Å². The van der Waals surface area contributed by atoms with Crippen molar-refractivity contribution in [3.63, 3.8) is 0 Å². The topological polar surface area (TPSA) is 38.3 Å². The summed E-state index contributed by atoms with van der Waals surface area (Å²) in [4.78, 5) is 11.3. The van der Waals surface area contributed by atoms with Gasteiger partial charge in [-0.1, -0.05) is 37.3 Å². The summed E-state index contributed by atoms with van der Waals surface area (Å²) in [6.45, 7) is 2.16. The number of carbonyl (C=O) groups excluding carboxylic acids is 1. The molecule has 1 atom stereocenters. The molecule has 0 unspecified atom stereocenters. The van der Waals surface area contributed by atoms with Gasteiger partial charge in [0.05, 0.1) is 6.04 Å². The smallest absolute Gasteiger partial charge is 0.246 e. The molecule has 0 saturated heterocycles. The van der Waals surface area contributed by atoms with Gasteiger partial charge in [-0.05, 0) is 12.0 Å². The second-order valence-electron chi connectivity index (χ2n) is 3.37. The maximum atomic E-state index is 11.3. The van der Waals surface area contributed by atoms with Gasteiger partial charge in [-0.15, -0.1) is 0 Å². The number of ether oxygens (including phenoxy) is 1. The Morgan fingerprint density at radius 1 is 1.40 bits per heavy atom. The van der Waals surface area contributed by atoms with Gasteiger partial charge in [-0.3, -0.25) is 4.79 Å². The zero-order valence-electron chi connectivity index (χ0n) is 9.19. The molecule has 0 fully saturated rings. The maximum absolute atomic E-state index is 11.3. The predicted molar refractivity (Wildman–Crippen MR) is 59.5 cm³/mol. The number of carbonyl (C=O) groups is 1. The van der Waals surface area contributed by atoms with Gasteiger partial charge in [-0.2, -0.15) is 0 Å². The Morgan fingerprint density at radius 2 is 2.07 bits per heavy atom. The van der Waals surface area contributed by atoms with E-state index in [1.165, 1.54) is 7.11 Å². The fourth-order valence-electron chi connectivity index (χ4n) is 1.47. The summed E-state index contributed by atoms with van der Waals surface area (Å²) >= 11 is 0. The van der Waals surface area contributed by atoms with Gasteiger partial charge in [0.25, 0.3) is 0 Å². The lowest BCUT2D eigenvalue weighted by atomic mass is 10.0. The summed E-state index contributed by atoms with van der Waals surface area (Å²) in [5.41, 5.74) is 1.13. The van der Waals surface area contributed by atoms with Crippen molar-refractivity contribution in [3.8, 4) is 0 Å². The Hall–Kier alpha value is -1.35. The molecule has 0 saturated carbocycles. The number of benzene rings is 1. The van der Waals surface area contributed by atoms with Crippen LogP contribution in [-0.2, 0) is 9.53 Å². The molecule has 0 bridgehead atoms. The molecular weight excluding hydrogens is 190 g/mol. The van der Waals surface area contributed by atoms with Crippen LogP contribution in [0.1, 0.15) is 24.9 Å². The van der Waals surface area contributed by atoms with Crippen LogP contribution in [0.3, 0.4) is 0 Å². The highest BCUT2D eigenvalue weighted by Crippen LogP contribution is 2.15. The number of methoxy groups -OCH3 is 1. The van der Waals surface area contributed by atoms with Crippen molar-refractivity contribution in [2.24, 2.45) is 0 Å². The minimum atomic E-state index is -0.0757. The molecule has 1 aromatic carbocycles. The molecule has 82 valence electrons. The lowest BCUT2D eigenvalue weighted by Crippen LogP contribution is -2.30. The third kappa shape index (κ3) is 3.72. The molecule has 0 radical (unpaired) electrons. The molecule has 1 N–H and O–H groups in total. The van der Waals surface area contributed by atoms with E-state index in [0.717, 1.165) is 12.0 Å². The van der Waals surface area contributed by atoms with E-state index in [9.17, 15) is 4.79 Å². The van der Waals surface area contributed by atoms with Crippen molar-refractivity contribution < 1.29 is 9.53 Å². The van der Waals surface area contributed by atoms with Crippen LogP contribution in [0.4, 0.5) is 0 Å². The minimum Gasteiger partial charge on any atom is -0.375 e. The zero-order valence-corrected chi connectivity index (χ0v) is 9.19. The Labute approximate surface area is 90.4 Å². The van der Waals surface area contributed by atoms with Gasteiger partial charge in [0.1, 0.15) is 6.61 Å². The molecule has 1 aromatic rings. The van der Waals surface area contributed by atoms with Crippen LogP contribution in [0.5, 0.6) is 0 Å². The van der Waals surface area contributed by atoms with Crippen LogP contribution in [0.15, 0.2) is 30.3 Å². The van der Waals surface area contributed by atoms with Crippen LogP contribution in [0.2, 0.25) is 0 Å². The van der Waals surface area contributed by atoms with Crippen molar-refractivity contribution in [1.82, 2.24) is 5.32 Å². The van der Waals surface area contributed by atoms with Crippen molar-refractivity contribution in [1.29, 1.82) is 0 Å². The molecule has 0 heterocycles. The summed E-state index contributed by atoms with van der Waals surface area (Å²) in [6.07, 6.45) is 0.874. The number of nitrogens with one attached hydrogen (secondary N) is 1. The lowest BCUT2D eigenvalue weighted by Gasteiger charge is -2.16. The summed E-state index contributed by atoms with van der Waals surface area (Å²) in [7, 11) is 1.52. The van der Waals surface area contributed by atoms with Gasteiger partial charge in [0.2, 0.25) is 5.91 Å². The molecule has 1 rings (SSSR count). The summed E-state index contributed by atoms with van der Waals surface area (Å²) in [6, 6.07) is 10.0. The molecule has 1 amide bonds. The van der Waals surface area contributed by atoms with Crippen molar-refractivity contribution in [2.75, 3.05) is 13.7 Å². The first kappa shape index (κ1) is 11.7. The molecule has 3 heteroatoms. The monoisotopic (exact) mass is 207 g/mol. The molecule has 3 nitrogen and oxygen atoms in total. The number of rotatable bonds is 5. The first-order chi connectivity index (χ1) is 7.27. The Balaban J connectivity index is 2.61. The predicted octanol–water partition coefficient (Wildman–Crippen LogP) is 1.90. The molecule has 0 aliphatic rings. The Kier molecular flexibility index (Phi) is 4.84. The standard InChI is InChI=1S/C12H17NO2/c1-3-11(13-12(14)9-15-2)10-7-5-4-6-8-10/h4-8,11H,3,9H2,1-2H3,(H,13,14)/t11-/m1/s1. The maximum Gasteiger partial charge on any atom is 0.246 e. The quantitative estimate of drug-likeness (QED) is 0.800. The van der Waals surface area contributed by atoms with E-state index in [0.29, 0.717) is 0 Å². The summed E-state index contributed by atoms with van der Waals surface area (Å²) in [5, 5.41) is 2.92. The van der Waals surface area contributed by atoms with Gasteiger partial charge in [0.15, 0.2) is 0 Å². The van der Waals surface area contributed by atoms with Gasteiger partial charge >= 0.3 is 0 Å². The highest BCUT2D eigenvalue weighted by atomic mass is 16.5. The fourth-order valence-corrected chi connectivity index (χ4v) is 1.47. The van der Waals surface area contributed by atoms with Crippen LogP contribution < -0.4 is 5.32 Å². The number of amides is 1. The second-order valence-corrected chi connectivity index (χ2v) is 3.37. The lowest BCUT2D eigenvalue weighted by molar-refractivity contribution is -0.125. The summed E-state index contributed by atoms with van der Waals surface area (Å²) in [5.74, 6) is -0.0757. The highest BCUT2D eigenvalue weighted by molar-refractivity contribution is 5.77. The van der Waals surface area contributed by atoms with Crippen LogP contribution >= 0.6 is 0 Å². The molecule has 0 aromatic heterocycles. The van der Waals surface area contributed by atoms with Crippen LogP contribution in [-0.4, -0.2) is 19.6 Å². The zero-order chi connectivity index (χ0) is 11.1. The minimum absolute atomic E-state index is 0.0757. The van der Waals surface area contributed by atoms with Crippen LogP contribution in [0.25, 0.3) is 0 Å². The average molecular weight is 207 g/mol. The van der Waals surface area contributed by atoms with E-state index in [-0.39, 0.29) is 18.6 Å². The third-order valence-electron chi connectivity index (χ3n) is 2.22. The second kappa shape index (κ2) is 6.19. The largest absolute Gasteiger partial charge is 0.375 e. The van der Waals surface area contributed by atoms with Gasteiger partial charge in [0, 0.05) is 7.11 Å². The van der Waals surface area contributed by atoms with E-state index < -0.39 is 0 Å². The number of hydrogen-bond donors (Lipinski definition) is 1. The molecule has 0 aliphatic carbocycles. The Morgan fingerprint density at radius 3 is 2.60 bits per heavy atom. The fraction of sp³-hybridized carbons (Fsp3) is 0.417. The van der Waals surface area contributed by atoms with E-state index in [1.807, 2.05) is 37.3 Å². The SMILES string of the molecule is CC[C@@H](NC(=O)COC)c1ccccc1. The molecule has 0 spiro atoms. The van der Waals surface area contributed by atoms with Gasteiger partial charge < -0.3 is 10.1 Å². The van der Waals surface area contributed by atoms with Crippen molar-refractivity contribution >= 4 is 5.91 Å². The van der Waals surface area contributed by atoms with Crippen LogP contribution in [0, 0.1) is 0 Å². The van der Waals surface area contributed by atoms with Gasteiger partial charge in [-0.25, -0.2) is 0 Å². The Bertz CT molecular complexity index is 298. The first-order valence-electron chi connectivity index (χ1n) is 5.11. The third-order valence-corrected chi connectivity index (χ3v) is 2.22.